The molecule has 0 bridgehead atoms. The summed E-state index contributed by atoms with van der Waals surface area (Å²) in [6.07, 6.45) is 0.735. The summed E-state index contributed by atoms with van der Waals surface area (Å²) in [7, 11) is 0. The quantitative estimate of drug-likeness (QED) is 0.534. The van der Waals surface area contributed by atoms with E-state index < -0.39 is 5.00 Å². The number of alkyl halides is 1. The first-order valence-electron chi connectivity index (χ1n) is 3.70. The first-order valence-corrected chi connectivity index (χ1v) is 4.08. The highest BCUT2D eigenvalue weighted by Crippen LogP contribution is 2.25. The van der Waals surface area contributed by atoms with Gasteiger partial charge in [-0.2, -0.15) is 0 Å². The van der Waals surface area contributed by atoms with Gasteiger partial charge in [0.05, 0.1) is 0 Å². The van der Waals surface area contributed by atoms with Gasteiger partial charge in [-0.3, -0.25) is 0 Å². The van der Waals surface area contributed by atoms with E-state index in [4.69, 9.17) is 17.3 Å². The topological polar surface area (TPSA) is 26.0 Å². The van der Waals surface area contributed by atoms with E-state index >= 15 is 0 Å². The maximum atomic E-state index is 6.02. The number of benzene rings is 1. The predicted molar refractivity (Wildman–Crippen MR) is 48.5 cm³/mol. The van der Waals surface area contributed by atoms with Crippen molar-refractivity contribution in [3.63, 3.8) is 0 Å². The summed E-state index contributed by atoms with van der Waals surface area (Å²) >= 11 is 6.02. The van der Waals surface area contributed by atoms with E-state index in [1.807, 2.05) is 37.3 Å². The van der Waals surface area contributed by atoms with Crippen LogP contribution < -0.4 is 5.73 Å². The Balaban J connectivity index is 2.93. The summed E-state index contributed by atoms with van der Waals surface area (Å²) in [4.78, 5) is -0.693. The lowest BCUT2D eigenvalue weighted by molar-refractivity contribution is 0.616. The summed E-state index contributed by atoms with van der Waals surface area (Å²) in [6.45, 7) is 1.97. The first-order chi connectivity index (χ1) is 5.17. The van der Waals surface area contributed by atoms with Gasteiger partial charge in [-0.05, 0) is 12.0 Å². The Kier molecular flexibility index (Phi) is 2.53. The zero-order chi connectivity index (χ0) is 8.32. The second-order valence-electron chi connectivity index (χ2n) is 2.58. The lowest BCUT2D eigenvalue weighted by Gasteiger charge is -2.19. The molecule has 0 radical (unpaired) electrons. The molecule has 0 fully saturated rings. The molecule has 1 atom stereocenters. The predicted octanol–water partition coefficient (Wildman–Crippen LogP) is 2.45. The van der Waals surface area contributed by atoms with Crippen LogP contribution in [0.4, 0.5) is 0 Å². The average Bonchev–Trinajstić information content (AvgIpc) is 2.06. The molecule has 0 aromatic heterocycles. The van der Waals surface area contributed by atoms with Crippen LogP contribution in [0.2, 0.25) is 0 Å². The van der Waals surface area contributed by atoms with Crippen LogP contribution in [0, 0.1) is 0 Å². The summed E-state index contributed by atoms with van der Waals surface area (Å²) in [5.41, 5.74) is 6.78. The molecule has 0 aliphatic rings. The molecule has 2 heteroatoms. The van der Waals surface area contributed by atoms with Gasteiger partial charge >= 0.3 is 0 Å². The van der Waals surface area contributed by atoms with Gasteiger partial charge in [-0.15, -0.1) is 0 Å². The molecule has 1 aromatic carbocycles. The first kappa shape index (κ1) is 8.57. The van der Waals surface area contributed by atoms with Crippen LogP contribution in [0.1, 0.15) is 18.9 Å². The van der Waals surface area contributed by atoms with Gasteiger partial charge in [0.2, 0.25) is 0 Å². The molecule has 1 unspecified atom stereocenters. The molecule has 0 spiro atoms. The van der Waals surface area contributed by atoms with E-state index in [1.54, 1.807) is 0 Å². The van der Waals surface area contributed by atoms with Crippen molar-refractivity contribution in [3.05, 3.63) is 35.9 Å². The van der Waals surface area contributed by atoms with Crippen LogP contribution in [0.15, 0.2) is 30.3 Å². The van der Waals surface area contributed by atoms with Crippen molar-refractivity contribution in [1.29, 1.82) is 0 Å². The largest absolute Gasteiger partial charge is 0.309 e. The highest BCUT2D eigenvalue weighted by molar-refractivity contribution is 6.23. The Morgan fingerprint density at radius 1 is 1.36 bits per heavy atom. The maximum absolute atomic E-state index is 6.02. The summed E-state index contributed by atoms with van der Waals surface area (Å²) < 4.78 is 0. The SMILES string of the molecule is CCC(N)(Cl)c1ccccc1. The highest BCUT2D eigenvalue weighted by Gasteiger charge is 2.20. The highest BCUT2D eigenvalue weighted by atomic mass is 35.5. The Bertz CT molecular complexity index is 218. The zero-order valence-electron chi connectivity index (χ0n) is 6.55. The van der Waals surface area contributed by atoms with Crippen molar-refractivity contribution in [1.82, 2.24) is 0 Å². The minimum Gasteiger partial charge on any atom is -0.309 e. The molecule has 0 aliphatic carbocycles. The van der Waals surface area contributed by atoms with E-state index in [9.17, 15) is 0 Å². The van der Waals surface area contributed by atoms with E-state index in [1.165, 1.54) is 0 Å². The van der Waals surface area contributed by atoms with Crippen molar-refractivity contribution in [2.75, 3.05) is 0 Å². The number of hydrogen-bond acceptors (Lipinski definition) is 1. The van der Waals surface area contributed by atoms with Gasteiger partial charge in [0.25, 0.3) is 0 Å². The monoisotopic (exact) mass is 169 g/mol. The van der Waals surface area contributed by atoms with Crippen LogP contribution in [0.25, 0.3) is 0 Å². The Morgan fingerprint density at radius 2 is 1.91 bits per heavy atom. The van der Waals surface area contributed by atoms with Crippen molar-refractivity contribution in [2.45, 2.75) is 18.3 Å². The molecule has 1 nitrogen and oxygen atoms in total. The van der Waals surface area contributed by atoms with Crippen molar-refractivity contribution < 1.29 is 0 Å². The third kappa shape index (κ3) is 1.95. The van der Waals surface area contributed by atoms with Crippen LogP contribution in [0.3, 0.4) is 0 Å². The molecule has 2 N–H and O–H groups in total. The lowest BCUT2D eigenvalue weighted by atomic mass is 10.1. The molecule has 0 heterocycles. The average molecular weight is 170 g/mol. The van der Waals surface area contributed by atoms with Gasteiger partial charge < -0.3 is 5.73 Å². The lowest BCUT2D eigenvalue weighted by Crippen LogP contribution is -2.28. The fraction of sp³-hybridized carbons (Fsp3) is 0.333. The number of hydrogen-bond donors (Lipinski definition) is 1. The molecular formula is C9H12ClN. The molecule has 0 amide bonds. The van der Waals surface area contributed by atoms with Gasteiger partial charge in [-0.25, -0.2) is 0 Å². The smallest absolute Gasteiger partial charge is 0.116 e. The van der Waals surface area contributed by atoms with Crippen LogP contribution >= 0.6 is 11.6 Å². The van der Waals surface area contributed by atoms with Crippen LogP contribution in [0.5, 0.6) is 0 Å². The van der Waals surface area contributed by atoms with Gasteiger partial charge in [0.1, 0.15) is 5.00 Å². The normalized spacial score (nSPS) is 15.9. The molecular weight excluding hydrogens is 158 g/mol. The second-order valence-corrected chi connectivity index (χ2v) is 3.26. The number of halogens is 1. The Labute approximate surface area is 72.2 Å². The van der Waals surface area contributed by atoms with Gasteiger partial charge in [0.15, 0.2) is 0 Å². The van der Waals surface area contributed by atoms with Crippen molar-refractivity contribution in [2.24, 2.45) is 5.73 Å². The molecule has 1 aromatic rings. The Hall–Kier alpha value is -0.530. The van der Waals surface area contributed by atoms with Crippen molar-refractivity contribution in [3.8, 4) is 0 Å². The summed E-state index contributed by atoms with van der Waals surface area (Å²) in [6, 6.07) is 9.71. The summed E-state index contributed by atoms with van der Waals surface area (Å²) in [5, 5.41) is 0. The molecule has 0 saturated heterocycles. The number of nitrogens with two attached hydrogens (primary N) is 1. The van der Waals surface area contributed by atoms with E-state index in [0.29, 0.717) is 0 Å². The third-order valence-corrected chi connectivity index (χ3v) is 2.25. The van der Waals surface area contributed by atoms with Crippen LogP contribution in [-0.2, 0) is 5.00 Å². The fourth-order valence-corrected chi connectivity index (χ4v) is 1.05. The fourth-order valence-electron chi connectivity index (χ4n) is 0.919. The third-order valence-electron chi connectivity index (χ3n) is 1.77. The zero-order valence-corrected chi connectivity index (χ0v) is 7.31. The summed E-state index contributed by atoms with van der Waals surface area (Å²) in [5.74, 6) is 0. The van der Waals surface area contributed by atoms with Crippen molar-refractivity contribution >= 4 is 11.6 Å². The van der Waals surface area contributed by atoms with E-state index in [-0.39, 0.29) is 0 Å². The molecule has 11 heavy (non-hydrogen) atoms. The minimum atomic E-state index is -0.693. The Morgan fingerprint density at radius 3 is 2.36 bits per heavy atom. The molecule has 0 saturated carbocycles. The van der Waals surface area contributed by atoms with Gasteiger partial charge in [0, 0.05) is 0 Å². The molecule has 0 aliphatic heterocycles. The van der Waals surface area contributed by atoms with Gasteiger partial charge in [-0.1, -0.05) is 48.9 Å². The standard InChI is InChI=1S/C9H12ClN/c1-2-9(10,11)8-6-4-3-5-7-8/h3-7H,2,11H2,1H3. The molecule has 1 rings (SSSR count). The minimum absolute atomic E-state index is 0.693. The van der Waals surface area contributed by atoms with Crippen LogP contribution in [-0.4, -0.2) is 0 Å². The van der Waals surface area contributed by atoms with E-state index in [2.05, 4.69) is 0 Å². The second kappa shape index (κ2) is 3.24. The maximum Gasteiger partial charge on any atom is 0.116 e. The molecule has 60 valence electrons. The van der Waals surface area contributed by atoms with E-state index in [0.717, 1.165) is 12.0 Å². The number of rotatable bonds is 2.